The highest BCUT2D eigenvalue weighted by atomic mass is 16.2. The van der Waals surface area contributed by atoms with Gasteiger partial charge in [0.05, 0.1) is 0 Å². The minimum atomic E-state index is -0.970. The summed E-state index contributed by atoms with van der Waals surface area (Å²) in [7, 11) is 0. The summed E-state index contributed by atoms with van der Waals surface area (Å²) >= 11 is 0. The normalized spacial score (nSPS) is 33.0. The van der Waals surface area contributed by atoms with Crippen molar-refractivity contribution in [2.45, 2.75) is 51.9 Å². The van der Waals surface area contributed by atoms with Gasteiger partial charge in [0.2, 0.25) is 11.8 Å². The molecule has 3 fully saturated rings. The number of hydrogen-bond donors (Lipinski definition) is 1. The maximum atomic E-state index is 12.8. The average molecular weight is 278 g/mol. The molecule has 4 amide bonds. The molecule has 3 aliphatic rings. The minimum absolute atomic E-state index is 0.243. The number of carbonyl (C=O) groups excluding carboxylic acids is 3. The Morgan fingerprint density at radius 1 is 1.15 bits per heavy atom. The lowest BCUT2D eigenvalue weighted by molar-refractivity contribution is -0.152. The molecule has 0 aromatic carbocycles. The summed E-state index contributed by atoms with van der Waals surface area (Å²) in [4.78, 5) is 38.3. The first-order chi connectivity index (χ1) is 9.54. The molecule has 1 heterocycles. The fourth-order valence-corrected chi connectivity index (χ4v) is 3.56. The van der Waals surface area contributed by atoms with Crippen molar-refractivity contribution in [3.05, 3.63) is 0 Å². The van der Waals surface area contributed by atoms with Gasteiger partial charge in [-0.15, -0.1) is 0 Å². The quantitative estimate of drug-likeness (QED) is 0.786. The molecule has 110 valence electrons. The molecule has 5 nitrogen and oxygen atoms in total. The van der Waals surface area contributed by atoms with Crippen LogP contribution in [0.5, 0.6) is 0 Å². The fourth-order valence-electron chi connectivity index (χ4n) is 3.56. The van der Waals surface area contributed by atoms with Gasteiger partial charge in [-0.25, -0.2) is 4.79 Å². The second-order valence-electron chi connectivity index (χ2n) is 6.64. The zero-order chi connectivity index (χ0) is 14.3. The van der Waals surface area contributed by atoms with E-state index in [0.29, 0.717) is 31.2 Å². The Bertz CT molecular complexity index is 452. The molecular formula is C15H22N2O3. The smallest absolute Gasteiger partial charge is 0.277 e. The molecular weight excluding hydrogens is 256 g/mol. The van der Waals surface area contributed by atoms with E-state index in [9.17, 15) is 14.4 Å². The van der Waals surface area contributed by atoms with Gasteiger partial charge in [0, 0.05) is 6.54 Å². The highest BCUT2D eigenvalue weighted by Crippen LogP contribution is 2.42. The van der Waals surface area contributed by atoms with E-state index in [2.05, 4.69) is 12.2 Å². The van der Waals surface area contributed by atoms with Gasteiger partial charge in [0.25, 0.3) is 0 Å². The number of carbonyl (C=O) groups is 3. The second-order valence-corrected chi connectivity index (χ2v) is 6.64. The van der Waals surface area contributed by atoms with E-state index in [-0.39, 0.29) is 11.8 Å². The van der Waals surface area contributed by atoms with Crippen molar-refractivity contribution < 1.29 is 14.4 Å². The monoisotopic (exact) mass is 278 g/mol. The first kappa shape index (κ1) is 13.6. The number of rotatable bonds is 2. The maximum Gasteiger partial charge on any atom is 0.330 e. The number of nitrogens with zero attached hydrogens (tertiary/aromatic N) is 1. The first-order valence-corrected chi connectivity index (χ1v) is 7.72. The summed E-state index contributed by atoms with van der Waals surface area (Å²) in [5.41, 5.74) is -0.970. The third-order valence-electron chi connectivity index (χ3n) is 5.21. The van der Waals surface area contributed by atoms with Crippen molar-refractivity contribution in [1.29, 1.82) is 0 Å². The molecule has 2 atom stereocenters. The third kappa shape index (κ3) is 2.13. The molecule has 0 radical (unpaired) electrons. The van der Waals surface area contributed by atoms with Gasteiger partial charge < -0.3 is 0 Å². The summed E-state index contributed by atoms with van der Waals surface area (Å²) in [5.74, 6) is 0.390. The topological polar surface area (TPSA) is 66.5 Å². The van der Waals surface area contributed by atoms with Crippen molar-refractivity contribution in [2.24, 2.45) is 17.3 Å². The molecule has 0 aromatic heterocycles. The van der Waals surface area contributed by atoms with Gasteiger partial charge in [-0.3, -0.25) is 19.8 Å². The number of hydrogen-bond acceptors (Lipinski definition) is 3. The summed E-state index contributed by atoms with van der Waals surface area (Å²) in [5, 5.41) is 2.42. The molecule has 3 rings (SSSR count). The van der Waals surface area contributed by atoms with Gasteiger partial charge in [0.15, 0.2) is 0 Å². The lowest BCUT2D eigenvalue weighted by Gasteiger charge is -2.39. The lowest BCUT2D eigenvalue weighted by Crippen LogP contribution is -2.64. The Morgan fingerprint density at radius 3 is 2.30 bits per heavy atom. The Kier molecular flexibility index (Phi) is 3.30. The van der Waals surface area contributed by atoms with Gasteiger partial charge >= 0.3 is 6.03 Å². The van der Waals surface area contributed by atoms with Gasteiger partial charge in [-0.05, 0) is 31.1 Å². The van der Waals surface area contributed by atoms with E-state index in [1.54, 1.807) is 0 Å². The fraction of sp³-hybridized carbons (Fsp3) is 0.800. The number of nitrogens with one attached hydrogen (secondary N) is 1. The highest BCUT2D eigenvalue weighted by Gasteiger charge is 2.54. The lowest BCUT2D eigenvalue weighted by atomic mass is 9.77. The molecule has 2 saturated carbocycles. The summed E-state index contributed by atoms with van der Waals surface area (Å²) in [6.45, 7) is 2.60. The predicted octanol–water partition coefficient (Wildman–Crippen LogP) is 2.06. The van der Waals surface area contributed by atoms with E-state index >= 15 is 0 Å². The van der Waals surface area contributed by atoms with Crippen LogP contribution in [0, 0.1) is 17.3 Å². The van der Waals surface area contributed by atoms with Crippen LogP contribution < -0.4 is 5.32 Å². The maximum absolute atomic E-state index is 12.8. The predicted molar refractivity (Wildman–Crippen MR) is 72.7 cm³/mol. The average Bonchev–Trinajstić information content (AvgIpc) is 3.15. The molecule has 2 unspecified atom stereocenters. The van der Waals surface area contributed by atoms with Crippen molar-refractivity contribution in [2.75, 3.05) is 6.54 Å². The van der Waals surface area contributed by atoms with Crippen molar-refractivity contribution in [1.82, 2.24) is 10.2 Å². The molecule has 0 bridgehead atoms. The van der Waals surface area contributed by atoms with Crippen molar-refractivity contribution in [3.8, 4) is 0 Å². The minimum Gasteiger partial charge on any atom is -0.277 e. The van der Waals surface area contributed by atoms with E-state index in [0.717, 1.165) is 32.1 Å². The van der Waals surface area contributed by atoms with Crippen LogP contribution in [0.2, 0.25) is 0 Å². The van der Waals surface area contributed by atoms with E-state index in [4.69, 9.17) is 0 Å². The summed E-state index contributed by atoms with van der Waals surface area (Å²) in [6, 6.07) is -0.519. The first-order valence-electron chi connectivity index (χ1n) is 7.72. The summed E-state index contributed by atoms with van der Waals surface area (Å²) in [6.07, 6.45) is 6.15. The molecule has 1 spiro atoms. The number of imide groups is 2. The molecule has 5 heteroatoms. The zero-order valence-electron chi connectivity index (χ0n) is 12.0. The standard InChI is InChI=1S/C15H22N2O3/c1-10-8-11(10)9-17-13(19)15(12(18)16-14(17)20)6-4-2-3-5-7-15/h10-11H,2-9H2,1H3,(H,16,18,20). The van der Waals surface area contributed by atoms with Crippen LogP contribution in [0.3, 0.4) is 0 Å². The van der Waals surface area contributed by atoms with Crippen LogP contribution in [0.4, 0.5) is 4.79 Å². The van der Waals surface area contributed by atoms with Gasteiger partial charge in [-0.1, -0.05) is 32.6 Å². The molecule has 1 aliphatic heterocycles. The highest BCUT2D eigenvalue weighted by molar-refractivity contribution is 6.19. The molecule has 1 N–H and O–H groups in total. The van der Waals surface area contributed by atoms with Crippen LogP contribution in [-0.4, -0.2) is 29.3 Å². The zero-order valence-corrected chi connectivity index (χ0v) is 12.0. The van der Waals surface area contributed by atoms with Crippen LogP contribution in [0.25, 0.3) is 0 Å². The largest absolute Gasteiger partial charge is 0.330 e. The van der Waals surface area contributed by atoms with Crippen molar-refractivity contribution in [3.63, 3.8) is 0 Å². The number of amides is 4. The van der Waals surface area contributed by atoms with Crippen LogP contribution in [-0.2, 0) is 9.59 Å². The third-order valence-corrected chi connectivity index (χ3v) is 5.21. The summed E-state index contributed by atoms with van der Waals surface area (Å²) < 4.78 is 0. The van der Waals surface area contributed by atoms with E-state index in [1.807, 2.05) is 0 Å². The Hall–Kier alpha value is -1.39. The Morgan fingerprint density at radius 2 is 1.75 bits per heavy atom. The molecule has 1 saturated heterocycles. The van der Waals surface area contributed by atoms with Crippen LogP contribution >= 0.6 is 0 Å². The van der Waals surface area contributed by atoms with Crippen LogP contribution in [0.15, 0.2) is 0 Å². The van der Waals surface area contributed by atoms with Crippen LogP contribution in [0.1, 0.15) is 51.9 Å². The van der Waals surface area contributed by atoms with Crippen molar-refractivity contribution >= 4 is 17.8 Å². The van der Waals surface area contributed by atoms with Gasteiger partial charge in [-0.2, -0.15) is 0 Å². The molecule has 0 aromatic rings. The van der Waals surface area contributed by atoms with Gasteiger partial charge in [0.1, 0.15) is 5.41 Å². The SMILES string of the molecule is CC1CC1CN1C(=O)NC(=O)C2(CCCCCC2)C1=O. The van der Waals surface area contributed by atoms with E-state index in [1.165, 1.54) is 4.90 Å². The number of urea groups is 1. The molecule has 20 heavy (non-hydrogen) atoms. The second kappa shape index (κ2) is 4.86. The molecule has 2 aliphatic carbocycles. The Labute approximate surface area is 119 Å². The number of barbiturate groups is 1. The Balaban J connectivity index is 1.83. The van der Waals surface area contributed by atoms with E-state index < -0.39 is 11.4 Å².